The minimum atomic E-state index is 0.967. The second-order valence-corrected chi connectivity index (χ2v) is 1.88. The van der Waals surface area contributed by atoms with Crippen molar-refractivity contribution in [2.75, 3.05) is 27.7 Å². The molecule has 0 heterocycles. The highest BCUT2D eigenvalue weighted by Crippen LogP contribution is 1.75. The quantitative estimate of drug-likeness (QED) is 0.522. The molecule has 0 radical (unpaired) electrons. The summed E-state index contributed by atoms with van der Waals surface area (Å²) in [6.45, 7) is 3.04. The molecule has 0 bridgehead atoms. The Morgan fingerprint density at radius 2 is 1.75 bits per heavy atom. The second-order valence-electron chi connectivity index (χ2n) is 1.88. The van der Waals surface area contributed by atoms with E-state index in [0.717, 1.165) is 6.54 Å². The molecule has 0 unspecified atom stereocenters. The van der Waals surface area contributed by atoms with Crippen molar-refractivity contribution in [3.8, 4) is 0 Å². The van der Waals surface area contributed by atoms with Crippen LogP contribution in [-0.4, -0.2) is 37.8 Å². The molecule has 0 saturated carbocycles. The van der Waals surface area contributed by atoms with E-state index in [-0.39, 0.29) is 0 Å². The zero-order valence-electron chi connectivity index (χ0n) is 6.10. The molecule has 3 nitrogen and oxygen atoms in total. The van der Waals surface area contributed by atoms with Gasteiger partial charge in [0.2, 0.25) is 0 Å². The lowest BCUT2D eigenvalue weighted by Crippen LogP contribution is -2.43. The SMILES string of the molecule is CCNN(C)N(C)C. The predicted molar refractivity (Wildman–Crippen MR) is 35.1 cm³/mol. The zero-order chi connectivity index (χ0) is 6.57. The van der Waals surface area contributed by atoms with Crippen LogP contribution in [0.2, 0.25) is 0 Å². The molecule has 0 amide bonds. The molecule has 50 valence electrons. The number of nitrogens with one attached hydrogen (secondary N) is 1. The molecule has 0 spiro atoms. The summed E-state index contributed by atoms with van der Waals surface area (Å²) in [5.41, 5.74) is 3.10. The monoisotopic (exact) mass is 117 g/mol. The van der Waals surface area contributed by atoms with Gasteiger partial charge in [0.25, 0.3) is 0 Å². The molecule has 0 fully saturated rings. The van der Waals surface area contributed by atoms with Gasteiger partial charge in [0.1, 0.15) is 0 Å². The average Bonchev–Trinajstić information content (AvgIpc) is 1.67. The summed E-state index contributed by atoms with van der Waals surface area (Å²) in [7, 11) is 5.95. The summed E-state index contributed by atoms with van der Waals surface area (Å²) in [4.78, 5) is 0. The molecule has 0 aliphatic rings. The van der Waals surface area contributed by atoms with Gasteiger partial charge in [-0.3, -0.25) is 0 Å². The first-order chi connectivity index (χ1) is 3.68. The van der Waals surface area contributed by atoms with Gasteiger partial charge in [0.15, 0.2) is 0 Å². The van der Waals surface area contributed by atoms with E-state index in [2.05, 4.69) is 12.3 Å². The van der Waals surface area contributed by atoms with Gasteiger partial charge in [-0.05, 0) is 0 Å². The molecule has 0 aliphatic carbocycles. The van der Waals surface area contributed by atoms with Crippen molar-refractivity contribution >= 4 is 0 Å². The Bertz CT molecular complexity index is 53.6. The van der Waals surface area contributed by atoms with Crippen molar-refractivity contribution in [3.63, 3.8) is 0 Å². The summed E-state index contributed by atoms with van der Waals surface area (Å²) in [5.74, 6) is 0. The Hall–Kier alpha value is -0.120. The van der Waals surface area contributed by atoms with Crippen LogP contribution in [0, 0.1) is 0 Å². The molecule has 1 N–H and O–H groups in total. The highest BCUT2D eigenvalue weighted by molar-refractivity contribution is 4.29. The van der Waals surface area contributed by atoms with Crippen LogP contribution in [0.4, 0.5) is 0 Å². The summed E-state index contributed by atoms with van der Waals surface area (Å²) in [6.07, 6.45) is 0. The third-order valence-corrected chi connectivity index (χ3v) is 0.987. The van der Waals surface area contributed by atoms with Crippen LogP contribution in [0.3, 0.4) is 0 Å². The van der Waals surface area contributed by atoms with Gasteiger partial charge in [0.05, 0.1) is 0 Å². The van der Waals surface area contributed by atoms with E-state index in [1.54, 1.807) is 0 Å². The number of hydrazine groups is 2. The maximum absolute atomic E-state index is 3.10. The minimum absolute atomic E-state index is 0.967. The van der Waals surface area contributed by atoms with Gasteiger partial charge >= 0.3 is 0 Å². The number of hydrogen-bond acceptors (Lipinski definition) is 3. The smallest absolute Gasteiger partial charge is 0.0176 e. The highest BCUT2D eigenvalue weighted by atomic mass is 15.8. The van der Waals surface area contributed by atoms with Crippen LogP contribution in [0.1, 0.15) is 6.92 Å². The topological polar surface area (TPSA) is 18.5 Å². The second kappa shape index (κ2) is 3.83. The first-order valence-electron chi connectivity index (χ1n) is 2.83. The van der Waals surface area contributed by atoms with Crippen LogP contribution >= 0.6 is 0 Å². The molecule has 0 aromatic heterocycles. The summed E-state index contributed by atoms with van der Waals surface area (Å²) in [5, 5.41) is 3.91. The molecule has 0 rings (SSSR count). The van der Waals surface area contributed by atoms with E-state index in [1.807, 2.05) is 31.3 Å². The van der Waals surface area contributed by atoms with Crippen LogP contribution in [0.5, 0.6) is 0 Å². The average molecular weight is 117 g/mol. The maximum atomic E-state index is 3.10. The molecule has 3 heteroatoms. The van der Waals surface area contributed by atoms with Gasteiger partial charge in [-0.1, -0.05) is 6.92 Å². The fourth-order valence-corrected chi connectivity index (χ4v) is 0.370. The Balaban J connectivity index is 3.17. The minimum Gasteiger partial charge on any atom is -0.242 e. The van der Waals surface area contributed by atoms with Crippen molar-refractivity contribution in [2.45, 2.75) is 6.92 Å². The van der Waals surface area contributed by atoms with Crippen LogP contribution in [0.25, 0.3) is 0 Å². The molecule has 0 atom stereocenters. The van der Waals surface area contributed by atoms with Crippen LogP contribution < -0.4 is 5.43 Å². The first kappa shape index (κ1) is 7.88. The van der Waals surface area contributed by atoms with Crippen molar-refractivity contribution in [3.05, 3.63) is 0 Å². The maximum Gasteiger partial charge on any atom is 0.0176 e. The van der Waals surface area contributed by atoms with Crippen LogP contribution in [0.15, 0.2) is 0 Å². The standard InChI is InChI=1S/C5H15N3/c1-5-6-8(4)7(2)3/h6H,5H2,1-4H3. The Labute approximate surface area is 51.2 Å². The lowest BCUT2D eigenvalue weighted by molar-refractivity contribution is 0.00293. The van der Waals surface area contributed by atoms with E-state index in [4.69, 9.17) is 0 Å². The summed E-state index contributed by atoms with van der Waals surface area (Å²) in [6, 6.07) is 0. The molecular formula is C5H15N3. The summed E-state index contributed by atoms with van der Waals surface area (Å²) < 4.78 is 0. The van der Waals surface area contributed by atoms with E-state index in [1.165, 1.54) is 0 Å². The lowest BCUT2D eigenvalue weighted by atomic mass is 10.8. The molecule has 0 saturated heterocycles. The fourth-order valence-electron chi connectivity index (χ4n) is 0.370. The Morgan fingerprint density at radius 3 is 1.88 bits per heavy atom. The molecule has 0 aliphatic heterocycles. The molecule has 8 heavy (non-hydrogen) atoms. The molecular weight excluding hydrogens is 102 g/mol. The molecule has 0 aromatic rings. The largest absolute Gasteiger partial charge is 0.242 e. The Morgan fingerprint density at radius 1 is 1.25 bits per heavy atom. The van der Waals surface area contributed by atoms with Gasteiger partial charge in [-0.2, -0.15) is 5.12 Å². The van der Waals surface area contributed by atoms with Gasteiger partial charge < -0.3 is 0 Å². The van der Waals surface area contributed by atoms with Gasteiger partial charge in [0, 0.05) is 27.7 Å². The fraction of sp³-hybridized carbons (Fsp3) is 1.00. The first-order valence-corrected chi connectivity index (χ1v) is 2.83. The van der Waals surface area contributed by atoms with Gasteiger partial charge in [-0.15, -0.1) is 0 Å². The number of nitrogens with zero attached hydrogens (tertiary/aromatic N) is 2. The normalized spacial score (nSPS) is 11.2. The van der Waals surface area contributed by atoms with E-state index >= 15 is 0 Å². The number of hydrogen-bond donors (Lipinski definition) is 1. The van der Waals surface area contributed by atoms with E-state index in [0.29, 0.717) is 0 Å². The highest BCUT2D eigenvalue weighted by Gasteiger charge is 1.93. The Kier molecular flexibility index (Phi) is 3.77. The van der Waals surface area contributed by atoms with E-state index in [9.17, 15) is 0 Å². The summed E-state index contributed by atoms with van der Waals surface area (Å²) >= 11 is 0. The van der Waals surface area contributed by atoms with Crippen molar-refractivity contribution in [2.24, 2.45) is 0 Å². The number of rotatable bonds is 3. The zero-order valence-corrected chi connectivity index (χ0v) is 6.10. The van der Waals surface area contributed by atoms with Crippen molar-refractivity contribution < 1.29 is 0 Å². The third-order valence-electron chi connectivity index (χ3n) is 0.987. The molecule has 0 aromatic carbocycles. The third kappa shape index (κ3) is 2.96. The van der Waals surface area contributed by atoms with Crippen molar-refractivity contribution in [1.29, 1.82) is 0 Å². The predicted octanol–water partition coefficient (Wildman–Crippen LogP) is -0.0807. The van der Waals surface area contributed by atoms with Gasteiger partial charge in [-0.25, -0.2) is 10.4 Å². The van der Waals surface area contributed by atoms with Crippen LogP contribution in [-0.2, 0) is 0 Å². The lowest BCUT2D eigenvalue weighted by Gasteiger charge is -2.23. The van der Waals surface area contributed by atoms with E-state index < -0.39 is 0 Å². The van der Waals surface area contributed by atoms with Crippen molar-refractivity contribution in [1.82, 2.24) is 15.6 Å².